The lowest BCUT2D eigenvalue weighted by Gasteiger charge is -2.38. The van der Waals surface area contributed by atoms with Crippen LogP contribution in [0.2, 0.25) is 0 Å². The van der Waals surface area contributed by atoms with Gasteiger partial charge in [-0.15, -0.1) is 0 Å². The molecule has 2 atom stereocenters. The maximum Gasteiger partial charge on any atom is 0.155 e. The van der Waals surface area contributed by atoms with Crippen LogP contribution in [0.3, 0.4) is 0 Å². The largest absolute Gasteiger partial charge is 0.497 e. The second-order valence-corrected chi connectivity index (χ2v) is 14.3. The van der Waals surface area contributed by atoms with E-state index in [-0.39, 0.29) is 12.2 Å². The van der Waals surface area contributed by atoms with Crippen LogP contribution in [0.1, 0.15) is 51.6 Å². The van der Waals surface area contributed by atoms with Crippen molar-refractivity contribution in [1.29, 1.82) is 0 Å². The number of hydrogen-bond acceptors (Lipinski definition) is 7. The number of aromatic nitrogens is 3. The molecule has 0 aliphatic carbocycles. The molecule has 0 spiro atoms. The molecule has 0 saturated carbocycles. The van der Waals surface area contributed by atoms with E-state index in [1.807, 2.05) is 59.7 Å². The van der Waals surface area contributed by atoms with E-state index in [9.17, 15) is 0 Å². The van der Waals surface area contributed by atoms with Crippen LogP contribution in [-0.2, 0) is 20.6 Å². The molecule has 58 heavy (non-hydrogen) atoms. The first-order valence-corrected chi connectivity index (χ1v) is 19.4. The summed E-state index contributed by atoms with van der Waals surface area (Å²) in [5, 5.41) is 8.71. The molecule has 9 rings (SSSR count). The molecular weight excluding hydrogens is 721 g/mol. The highest BCUT2D eigenvalue weighted by Gasteiger charge is 2.43. The summed E-state index contributed by atoms with van der Waals surface area (Å²) in [7, 11) is 3.36. The molecule has 1 radical (unpaired) electrons. The van der Waals surface area contributed by atoms with E-state index in [2.05, 4.69) is 139 Å². The third-order valence-electron chi connectivity index (χ3n) is 11.1. The Kier molecular flexibility index (Phi) is 10.2. The van der Waals surface area contributed by atoms with Gasteiger partial charge in [0.05, 0.1) is 26.0 Å². The third-order valence-corrected chi connectivity index (χ3v) is 11.1. The Labute approximate surface area is 338 Å². The Morgan fingerprint density at radius 1 is 0.569 bits per heavy atom. The van der Waals surface area contributed by atoms with Crippen molar-refractivity contribution in [1.82, 2.24) is 14.6 Å². The first kappa shape index (κ1) is 36.9. The van der Waals surface area contributed by atoms with Crippen LogP contribution >= 0.6 is 0 Å². The van der Waals surface area contributed by atoms with E-state index < -0.39 is 11.1 Å². The fraction of sp³-hybridized carbons (Fsp3) is 0.140. The van der Waals surface area contributed by atoms with Gasteiger partial charge in [-0.05, 0) is 69.8 Å². The lowest BCUT2D eigenvalue weighted by atomic mass is 9.77. The summed E-state index contributed by atoms with van der Waals surface area (Å²) < 4.78 is 26.9. The quantitative estimate of drug-likeness (QED) is 0.117. The molecule has 8 aromatic rings. The highest BCUT2D eigenvalue weighted by molar-refractivity contribution is 5.72. The van der Waals surface area contributed by atoms with Crippen LogP contribution in [0.25, 0.3) is 5.52 Å². The number of anilines is 1. The van der Waals surface area contributed by atoms with Crippen molar-refractivity contribution in [3.63, 3.8) is 0 Å². The van der Waals surface area contributed by atoms with Crippen LogP contribution in [0.15, 0.2) is 188 Å². The molecule has 1 N–H and O–H groups in total. The minimum Gasteiger partial charge on any atom is -0.497 e. The monoisotopic (exact) mass is 763 g/mol. The summed E-state index contributed by atoms with van der Waals surface area (Å²) in [4.78, 5) is 4.87. The van der Waals surface area contributed by atoms with E-state index in [1.54, 1.807) is 20.5 Å². The summed E-state index contributed by atoms with van der Waals surface area (Å²) in [6.07, 6.45) is 1.47. The second-order valence-electron chi connectivity index (χ2n) is 14.3. The van der Waals surface area contributed by atoms with Gasteiger partial charge < -0.3 is 24.3 Å². The fourth-order valence-electron chi connectivity index (χ4n) is 8.28. The summed E-state index contributed by atoms with van der Waals surface area (Å²) in [5.74, 6) is 2.23. The topological polar surface area (TPSA) is 79.1 Å². The van der Waals surface area contributed by atoms with Crippen molar-refractivity contribution in [3.05, 3.63) is 234 Å². The maximum absolute atomic E-state index is 7.34. The van der Waals surface area contributed by atoms with E-state index in [1.165, 1.54) is 0 Å². The van der Waals surface area contributed by atoms with Gasteiger partial charge in [0, 0.05) is 6.42 Å². The summed E-state index contributed by atoms with van der Waals surface area (Å²) in [6.45, 7) is 1.83. The van der Waals surface area contributed by atoms with E-state index >= 15 is 0 Å². The molecular formula is C50H43N4O4. The average Bonchev–Trinajstić information content (AvgIpc) is 3.96. The van der Waals surface area contributed by atoms with Crippen molar-refractivity contribution in [2.24, 2.45) is 0 Å². The summed E-state index contributed by atoms with van der Waals surface area (Å²) in [5.41, 5.74) is 6.11. The van der Waals surface area contributed by atoms with Crippen LogP contribution in [0.5, 0.6) is 11.5 Å². The number of nitrogens with zero attached hydrogens (tertiary/aromatic N) is 3. The van der Waals surface area contributed by atoms with Gasteiger partial charge in [-0.2, -0.15) is 5.10 Å². The van der Waals surface area contributed by atoms with Crippen molar-refractivity contribution in [3.8, 4) is 11.5 Å². The smallest absolute Gasteiger partial charge is 0.155 e. The van der Waals surface area contributed by atoms with Crippen LogP contribution in [-0.4, -0.2) is 34.9 Å². The molecule has 1 saturated heterocycles. The Morgan fingerprint density at radius 3 is 1.55 bits per heavy atom. The molecule has 1 aliphatic rings. The molecule has 2 aromatic heterocycles. The molecule has 3 heterocycles. The van der Waals surface area contributed by atoms with Crippen molar-refractivity contribution in [2.75, 3.05) is 19.5 Å². The Balaban J connectivity index is 1.09. The van der Waals surface area contributed by atoms with Crippen molar-refractivity contribution < 1.29 is 18.9 Å². The molecule has 6 aromatic carbocycles. The highest BCUT2D eigenvalue weighted by atomic mass is 16.6. The van der Waals surface area contributed by atoms with Gasteiger partial charge in [0.15, 0.2) is 5.82 Å². The number of benzene rings is 6. The Bertz CT molecular complexity index is 2490. The van der Waals surface area contributed by atoms with Gasteiger partial charge in [-0.25, -0.2) is 9.50 Å². The van der Waals surface area contributed by atoms with Gasteiger partial charge in [0.25, 0.3) is 0 Å². The number of hydrogen-bond donors (Lipinski definition) is 1. The number of ether oxygens (including phenoxy) is 4. The molecule has 8 heteroatoms. The molecule has 8 nitrogen and oxygen atoms in total. The number of methoxy groups -OCH3 is 2. The predicted molar refractivity (Wildman–Crippen MR) is 226 cm³/mol. The van der Waals surface area contributed by atoms with Gasteiger partial charge in [-0.3, -0.25) is 0 Å². The van der Waals surface area contributed by atoms with E-state index in [0.717, 1.165) is 56.1 Å². The third kappa shape index (κ3) is 6.66. The first-order valence-electron chi connectivity index (χ1n) is 19.4. The molecule has 0 unspecified atom stereocenters. The van der Waals surface area contributed by atoms with Gasteiger partial charge in [0.2, 0.25) is 0 Å². The minimum absolute atomic E-state index is 0.329. The van der Waals surface area contributed by atoms with E-state index in [4.69, 9.17) is 29.0 Å². The number of fused-ring (bicyclic) bond motifs is 1. The van der Waals surface area contributed by atoms with Gasteiger partial charge >= 0.3 is 0 Å². The molecule has 287 valence electrons. The summed E-state index contributed by atoms with van der Waals surface area (Å²) in [6, 6.07) is 62.1. The van der Waals surface area contributed by atoms with Crippen molar-refractivity contribution >= 4 is 11.3 Å². The molecule has 1 aliphatic heterocycles. The average molecular weight is 764 g/mol. The zero-order chi connectivity index (χ0) is 39.4. The fourth-order valence-corrected chi connectivity index (χ4v) is 8.28. The van der Waals surface area contributed by atoms with Crippen LogP contribution in [0.4, 0.5) is 5.82 Å². The predicted octanol–water partition coefficient (Wildman–Crippen LogP) is 10.2. The lowest BCUT2D eigenvalue weighted by Crippen LogP contribution is -2.38. The summed E-state index contributed by atoms with van der Waals surface area (Å²) >= 11 is 0. The standard InChI is InChI=1S/C50H43N4O4/c1-55-42-27-23-38(24-28-42)49(36-15-7-3-8-16-36,37-17-9-4-10-18-37)53-48-46-32-31-45(54(46)52-35-51-48)47-33-44(34-57-47)58-50(39-19-11-5-12-20-39,40-21-13-6-14-22-40)41-25-29-43(56-2)30-26-41/h3-32,34-35,44,47H,33H2,1-2H3,(H,51,52,53)/t44-,47+/m0/s1. The molecule has 1 fully saturated rings. The second kappa shape index (κ2) is 16.0. The first-order chi connectivity index (χ1) is 28.6. The normalized spacial score (nSPS) is 15.6. The zero-order valence-electron chi connectivity index (χ0n) is 32.3. The Hall–Kier alpha value is -6.74. The van der Waals surface area contributed by atoms with Crippen molar-refractivity contribution in [2.45, 2.75) is 29.8 Å². The zero-order valence-corrected chi connectivity index (χ0v) is 32.3. The maximum atomic E-state index is 7.34. The lowest BCUT2D eigenvalue weighted by molar-refractivity contribution is -0.0331. The SMILES string of the molecule is COc1ccc(C(Nc2ncnn3c([C@H]4C[C@H](OC(c5ccccc5)(c5ccccc5)c5ccc(OC)cc5)[CH]O4)ccc23)(c2ccccc2)c2ccccc2)cc1. The Morgan fingerprint density at radius 2 is 1.03 bits per heavy atom. The van der Waals surface area contributed by atoms with Crippen LogP contribution < -0.4 is 14.8 Å². The molecule has 0 bridgehead atoms. The number of nitrogens with one attached hydrogen (secondary N) is 1. The van der Waals surface area contributed by atoms with Crippen LogP contribution in [0, 0.1) is 6.61 Å². The number of rotatable bonds is 13. The van der Waals surface area contributed by atoms with Gasteiger partial charge in [-0.1, -0.05) is 146 Å². The molecule has 0 amide bonds. The minimum atomic E-state index is -0.936. The highest BCUT2D eigenvalue weighted by Crippen LogP contribution is 2.46. The van der Waals surface area contributed by atoms with Gasteiger partial charge in [0.1, 0.15) is 47.2 Å². The van der Waals surface area contributed by atoms with E-state index in [0.29, 0.717) is 12.2 Å².